The second-order valence-corrected chi connectivity index (χ2v) is 7.32. The highest BCUT2D eigenvalue weighted by atomic mass is 16.5. The number of amides is 1. The van der Waals surface area contributed by atoms with Gasteiger partial charge in [0.1, 0.15) is 5.75 Å². The number of ether oxygens (including phenoxy) is 3. The number of benzene rings is 1. The van der Waals surface area contributed by atoms with Crippen molar-refractivity contribution in [3.63, 3.8) is 0 Å². The average molecular weight is 347 g/mol. The van der Waals surface area contributed by atoms with Gasteiger partial charge in [0.2, 0.25) is 0 Å². The van der Waals surface area contributed by atoms with Crippen molar-refractivity contribution in [1.29, 1.82) is 0 Å². The van der Waals surface area contributed by atoms with Crippen LogP contribution in [0.1, 0.15) is 24.8 Å². The third-order valence-electron chi connectivity index (χ3n) is 5.79. The zero-order valence-electron chi connectivity index (χ0n) is 15.3. The lowest BCUT2D eigenvalue weighted by Gasteiger charge is -2.48. The van der Waals surface area contributed by atoms with Gasteiger partial charge in [0.05, 0.1) is 13.2 Å². The number of likely N-dealkylation sites (tertiary alicyclic amines) is 1. The van der Waals surface area contributed by atoms with Crippen LogP contribution in [0.2, 0.25) is 0 Å². The molecule has 0 N–H and O–H groups in total. The van der Waals surface area contributed by atoms with Crippen LogP contribution in [0.15, 0.2) is 24.3 Å². The van der Waals surface area contributed by atoms with Crippen molar-refractivity contribution in [3.05, 3.63) is 29.8 Å². The van der Waals surface area contributed by atoms with E-state index in [1.54, 1.807) is 7.11 Å². The van der Waals surface area contributed by atoms with Crippen LogP contribution in [0.4, 0.5) is 0 Å². The monoisotopic (exact) mass is 347 g/mol. The first kappa shape index (κ1) is 18.2. The van der Waals surface area contributed by atoms with Crippen molar-refractivity contribution in [2.24, 2.45) is 11.3 Å². The molecule has 0 unspecified atom stereocenters. The number of rotatable bonds is 5. The number of hydrogen-bond acceptors (Lipinski definition) is 4. The molecule has 0 saturated carbocycles. The zero-order valence-corrected chi connectivity index (χ0v) is 15.3. The molecule has 1 amide bonds. The quantitative estimate of drug-likeness (QED) is 0.822. The van der Waals surface area contributed by atoms with Crippen LogP contribution >= 0.6 is 0 Å². The molecule has 1 spiro atoms. The van der Waals surface area contributed by atoms with Crippen LogP contribution in [-0.4, -0.2) is 57.4 Å². The van der Waals surface area contributed by atoms with Gasteiger partial charge >= 0.3 is 0 Å². The van der Waals surface area contributed by atoms with Crippen molar-refractivity contribution in [2.45, 2.75) is 26.2 Å². The Balaban J connectivity index is 1.50. The molecule has 5 heteroatoms. The van der Waals surface area contributed by atoms with Gasteiger partial charge in [-0.15, -0.1) is 0 Å². The Labute approximate surface area is 150 Å². The summed E-state index contributed by atoms with van der Waals surface area (Å²) >= 11 is 0. The van der Waals surface area contributed by atoms with Crippen LogP contribution in [0.25, 0.3) is 0 Å². The van der Waals surface area contributed by atoms with E-state index in [9.17, 15) is 4.79 Å². The first-order valence-corrected chi connectivity index (χ1v) is 9.17. The van der Waals surface area contributed by atoms with Gasteiger partial charge in [-0.3, -0.25) is 4.79 Å². The fourth-order valence-electron chi connectivity index (χ4n) is 4.04. The maximum Gasteiger partial charge on any atom is 0.260 e. The highest BCUT2D eigenvalue weighted by Gasteiger charge is 2.44. The maximum absolute atomic E-state index is 12.5. The van der Waals surface area contributed by atoms with Crippen molar-refractivity contribution in [1.82, 2.24) is 4.90 Å². The minimum Gasteiger partial charge on any atom is -0.484 e. The molecule has 0 aliphatic carbocycles. The third kappa shape index (κ3) is 4.33. The molecular formula is C20H29NO4. The van der Waals surface area contributed by atoms with Crippen LogP contribution in [-0.2, 0) is 14.3 Å². The van der Waals surface area contributed by atoms with E-state index in [0.717, 1.165) is 57.9 Å². The number of methoxy groups -OCH3 is 1. The van der Waals surface area contributed by atoms with Crippen molar-refractivity contribution < 1.29 is 19.0 Å². The van der Waals surface area contributed by atoms with Crippen LogP contribution < -0.4 is 4.74 Å². The van der Waals surface area contributed by atoms with E-state index in [2.05, 4.69) is 0 Å². The Kier molecular flexibility index (Phi) is 5.97. The Bertz CT molecular complexity index is 562. The summed E-state index contributed by atoms with van der Waals surface area (Å²) in [6.45, 7) is 6.09. The second-order valence-electron chi connectivity index (χ2n) is 7.32. The van der Waals surface area contributed by atoms with Crippen molar-refractivity contribution >= 4 is 5.91 Å². The third-order valence-corrected chi connectivity index (χ3v) is 5.79. The molecule has 1 aromatic rings. The smallest absolute Gasteiger partial charge is 0.260 e. The predicted molar refractivity (Wildman–Crippen MR) is 95.7 cm³/mol. The average Bonchev–Trinajstić information content (AvgIpc) is 2.64. The number of carbonyl (C=O) groups is 1. The second kappa shape index (κ2) is 8.19. The summed E-state index contributed by atoms with van der Waals surface area (Å²) in [6, 6.07) is 7.80. The van der Waals surface area contributed by atoms with Crippen LogP contribution in [0.3, 0.4) is 0 Å². The summed E-state index contributed by atoms with van der Waals surface area (Å²) in [5, 5.41) is 0. The highest BCUT2D eigenvalue weighted by Crippen LogP contribution is 2.44. The molecule has 0 radical (unpaired) electrons. The van der Waals surface area contributed by atoms with Gasteiger partial charge in [-0.25, -0.2) is 0 Å². The van der Waals surface area contributed by atoms with E-state index >= 15 is 0 Å². The van der Waals surface area contributed by atoms with E-state index in [0.29, 0.717) is 5.92 Å². The normalized spacial score (nSPS) is 22.8. The molecule has 138 valence electrons. The van der Waals surface area contributed by atoms with E-state index in [1.807, 2.05) is 36.1 Å². The van der Waals surface area contributed by atoms with Gasteiger partial charge in [0.25, 0.3) is 5.91 Å². The fraction of sp³-hybridized carbons (Fsp3) is 0.650. The Morgan fingerprint density at radius 3 is 2.64 bits per heavy atom. The zero-order chi connectivity index (χ0) is 17.7. The molecule has 2 aliphatic rings. The molecule has 0 bridgehead atoms. The van der Waals surface area contributed by atoms with E-state index < -0.39 is 0 Å². The molecule has 0 aromatic heterocycles. The molecule has 1 atom stereocenters. The maximum atomic E-state index is 12.5. The van der Waals surface area contributed by atoms with Crippen molar-refractivity contribution in [3.8, 4) is 5.75 Å². The molecular weight excluding hydrogens is 318 g/mol. The van der Waals surface area contributed by atoms with E-state index in [1.165, 1.54) is 5.56 Å². The fourth-order valence-corrected chi connectivity index (χ4v) is 4.04. The minimum atomic E-state index is 0.0748. The standard InChI is InChI=1S/C20H29NO4/c1-16-3-5-18(6-4-16)25-15-19(22)21-10-7-20(8-11-21)9-12-24-14-17(20)13-23-2/h3-6,17H,7-15H2,1-2H3/t17-/m0/s1. The van der Waals surface area contributed by atoms with Crippen LogP contribution in [0.5, 0.6) is 5.75 Å². The van der Waals surface area contributed by atoms with Gasteiger partial charge in [-0.2, -0.15) is 0 Å². The summed E-state index contributed by atoms with van der Waals surface area (Å²) in [7, 11) is 1.75. The lowest BCUT2D eigenvalue weighted by atomic mass is 9.66. The summed E-state index contributed by atoms with van der Waals surface area (Å²) < 4.78 is 16.7. The Morgan fingerprint density at radius 2 is 1.96 bits per heavy atom. The molecule has 2 saturated heterocycles. The largest absolute Gasteiger partial charge is 0.484 e. The van der Waals surface area contributed by atoms with E-state index in [4.69, 9.17) is 14.2 Å². The number of nitrogens with zero attached hydrogens (tertiary/aromatic N) is 1. The number of piperidine rings is 1. The van der Waals surface area contributed by atoms with Gasteiger partial charge in [-0.1, -0.05) is 17.7 Å². The SMILES string of the molecule is COC[C@H]1COCCC12CCN(C(=O)COc1ccc(C)cc1)CC2. The molecule has 2 fully saturated rings. The van der Waals surface area contributed by atoms with Crippen LogP contribution in [0, 0.1) is 18.3 Å². The molecule has 5 nitrogen and oxygen atoms in total. The number of carbonyl (C=O) groups excluding carboxylic acids is 1. The van der Waals surface area contributed by atoms with Crippen molar-refractivity contribution in [2.75, 3.05) is 46.6 Å². The lowest BCUT2D eigenvalue weighted by Crippen LogP contribution is -2.51. The summed E-state index contributed by atoms with van der Waals surface area (Å²) in [6.07, 6.45) is 3.13. The number of aryl methyl sites for hydroxylation is 1. The van der Waals surface area contributed by atoms with Gasteiger partial charge in [0, 0.05) is 32.7 Å². The predicted octanol–water partition coefficient (Wildman–Crippen LogP) is 2.67. The Morgan fingerprint density at radius 1 is 1.24 bits per heavy atom. The molecule has 2 aliphatic heterocycles. The van der Waals surface area contributed by atoms with E-state index in [-0.39, 0.29) is 17.9 Å². The number of hydrogen-bond donors (Lipinski definition) is 0. The summed E-state index contributed by atoms with van der Waals surface area (Å²) in [5.74, 6) is 1.26. The molecule has 1 aromatic carbocycles. The molecule has 2 heterocycles. The molecule has 25 heavy (non-hydrogen) atoms. The first-order valence-electron chi connectivity index (χ1n) is 9.17. The summed E-state index contributed by atoms with van der Waals surface area (Å²) in [4.78, 5) is 14.4. The van der Waals surface area contributed by atoms with Gasteiger partial charge in [-0.05, 0) is 43.7 Å². The molecule has 3 rings (SSSR count). The summed E-state index contributed by atoms with van der Waals surface area (Å²) in [5.41, 5.74) is 1.45. The highest BCUT2D eigenvalue weighted by molar-refractivity contribution is 5.77. The van der Waals surface area contributed by atoms with Gasteiger partial charge < -0.3 is 19.1 Å². The Hall–Kier alpha value is -1.59. The first-order chi connectivity index (χ1) is 12.1. The topological polar surface area (TPSA) is 48.0 Å². The van der Waals surface area contributed by atoms with Gasteiger partial charge in [0.15, 0.2) is 6.61 Å². The minimum absolute atomic E-state index is 0.0748. The lowest BCUT2D eigenvalue weighted by molar-refractivity contribution is -0.140.